The van der Waals surface area contributed by atoms with Crippen LogP contribution in [-0.2, 0) is 5.41 Å². The van der Waals surface area contributed by atoms with Crippen molar-refractivity contribution in [1.82, 2.24) is 0 Å². The first-order chi connectivity index (χ1) is 30.3. The topological polar surface area (TPSA) is 6.48 Å². The fourth-order valence-corrected chi connectivity index (χ4v) is 10.4. The number of fused-ring (bicyclic) bond motifs is 11. The minimum atomic E-state index is -0.563. The zero-order valence-corrected chi connectivity index (χ0v) is 33.5. The molecule has 2 heteroatoms. The van der Waals surface area contributed by atoms with Gasteiger partial charge in [-0.3, -0.25) is 0 Å². The predicted molar refractivity (Wildman–Crippen MR) is 255 cm³/mol. The lowest BCUT2D eigenvalue weighted by Crippen LogP contribution is -2.26. The molecule has 286 valence electrons. The van der Waals surface area contributed by atoms with Crippen LogP contribution in [0.4, 0.5) is 34.1 Å². The molecule has 1 unspecified atom stereocenters. The van der Waals surface area contributed by atoms with E-state index in [1.54, 1.807) is 0 Å². The maximum absolute atomic E-state index is 2.49. The third-order valence-electron chi connectivity index (χ3n) is 12.8. The Morgan fingerprint density at radius 3 is 1.56 bits per heavy atom. The van der Waals surface area contributed by atoms with Crippen molar-refractivity contribution in [3.8, 4) is 33.4 Å². The summed E-state index contributed by atoms with van der Waals surface area (Å²) in [4.78, 5) is 4.92. The summed E-state index contributed by atoms with van der Waals surface area (Å²) < 4.78 is 0. The van der Waals surface area contributed by atoms with Crippen molar-refractivity contribution in [2.45, 2.75) is 5.41 Å². The molecule has 61 heavy (non-hydrogen) atoms. The third kappa shape index (κ3) is 5.29. The summed E-state index contributed by atoms with van der Waals surface area (Å²) in [7, 11) is 0. The number of benzene rings is 10. The van der Waals surface area contributed by atoms with E-state index in [-0.39, 0.29) is 0 Å². The second kappa shape index (κ2) is 14.1. The summed E-state index contributed by atoms with van der Waals surface area (Å²) in [6, 6.07) is 89.0. The van der Waals surface area contributed by atoms with Crippen LogP contribution < -0.4 is 9.80 Å². The number of hydrogen-bond acceptors (Lipinski definition) is 2. The molecule has 0 heterocycles. The van der Waals surface area contributed by atoms with Gasteiger partial charge in [-0.05, 0) is 104 Å². The van der Waals surface area contributed by atoms with E-state index in [0.29, 0.717) is 0 Å². The van der Waals surface area contributed by atoms with Crippen LogP contribution in [0, 0.1) is 0 Å². The van der Waals surface area contributed by atoms with Gasteiger partial charge in [-0.1, -0.05) is 188 Å². The Hall–Kier alpha value is -7.94. The van der Waals surface area contributed by atoms with Crippen LogP contribution in [0.2, 0.25) is 0 Å². The summed E-state index contributed by atoms with van der Waals surface area (Å²) in [6.07, 6.45) is 0. The molecule has 0 fully saturated rings. The third-order valence-corrected chi connectivity index (χ3v) is 12.8. The van der Waals surface area contributed by atoms with Crippen molar-refractivity contribution in [3.05, 3.63) is 265 Å². The molecule has 0 N–H and O–H groups in total. The molecule has 2 nitrogen and oxygen atoms in total. The molecule has 10 aromatic rings. The van der Waals surface area contributed by atoms with Crippen molar-refractivity contribution >= 4 is 44.9 Å². The van der Waals surface area contributed by atoms with Gasteiger partial charge in [-0.2, -0.15) is 0 Å². The van der Waals surface area contributed by atoms with Crippen LogP contribution in [-0.4, -0.2) is 0 Å². The van der Waals surface area contributed by atoms with Crippen LogP contribution in [0.1, 0.15) is 22.3 Å². The number of hydrogen-bond donors (Lipinski definition) is 0. The molecule has 1 spiro atoms. The first kappa shape index (κ1) is 35.0. The van der Waals surface area contributed by atoms with Gasteiger partial charge in [0.1, 0.15) is 0 Å². The van der Waals surface area contributed by atoms with Crippen LogP contribution in [0.3, 0.4) is 0 Å². The number of rotatable bonds is 7. The lowest BCUT2D eigenvalue weighted by Gasteiger charge is -2.33. The first-order valence-electron chi connectivity index (χ1n) is 21.1. The maximum atomic E-state index is 2.49. The van der Waals surface area contributed by atoms with Gasteiger partial charge in [0, 0.05) is 33.6 Å². The van der Waals surface area contributed by atoms with Gasteiger partial charge < -0.3 is 9.80 Å². The van der Waals surface area contributed by atoms with Crippen LogP contribution >= 0.6 is 0 Å². The SMILES string of the molecule is c1ccc(-c2ccccc2N(c2ccccc2)c2ccc3c(c2)C2(c4ccccc4-3)c3ccccc3-c3c(N(c4ccccc4)c4cccc5ccccc45)cccc32)cc1. The second-order valence-electron chi connectivity index (χ2n) is 16.0. The molecule has 1 atom stereocenters. The molecule has 10 aromatic carbocycles. The molecule has 0 saturated carbocycles. The standard InChI is InChI=1S/C59H40N2/c1-4-20-41(21-5-1)46-29-14-17-35-55(46)60(43-24-6-2-7-25-43)45-38-39-49-48-30-12-15-32-51(48)59(54(49)40-45)52-33-16-13-31-50(52)58-53(59)34-19-37-57(58)61(44-26-8-3-9-27-44)56-36-18-23-42-22-10-11-28-47(42)56/h1-40H. The molecule has 2 aliphatic rings. The van der Waals surface area contributed by atoms with Gasteiger partial charge in [0.2, 0.25) is 0 Å². The van der Waals surface area contributed by atoms with E-state index >= 15 is 0 Å². The molecular weight excluding hydrogens is 737 g/mol. The summed E-state index contributed by atoms with van der Waals surface area (Å²) in [5.74, 6) is 0. The Bertz CT molecular complexity index is 3260. The van der Waals surface area contributed by atoms with E-state index in [2.05, 4.69) is 252 Å². The maximum Gasteiger partial charge on any atom is 0.0727 e. The fraction of sp³-hybridized carbons (Fsp3) is 0.0169. The highest BCUT2D eigenvalue weighted by atomic mass is 15.2. The molecule has 0 bridgehead atoms. The van der Waals surface area contributed by atoms with Crippen molar-refractivity contribution in [1.29, 1.82) is 0 Å². The van der Waals surface area contributed by atoms with Crippen molar-refractivity contribution in [3.63, 3.8) is 0 Å². The molecule has 0 amide bonds. The molecule has 12 rings (SSSR count). The van der Waals surface area contributed by atoms with Crippen molar-refractivity contribution < 1.29 is 0 Å². The Morgan fingerprint density at radius 2 is 0.787 bits per heavy atom. The van der Waals surface area contributed by atoms with Gasteiger partial charge in [-0.15, -0.1) is 0 Å². The van der Waals surface area contributed by atoms with Crippen LogP contribution in [0.25, 0.3) is 44.2 Å². The highest BCUT2D eigenvalue weighted by Gasteiger charge is 2.52. The molecule has 0 aliphatic heterocycles. The van der Waals surface area contributed by atoms with Gasteiger partial charge in [0.25, 0.3) is 0 Å². The fourth-order valence-electron chi connectivity index (χ4n) is 10.4. The summed E-state index contributed by atoms with van der Waals surface area (Å²) in [6.45, 7) is 0. The Labute approximate surface area is 356 Å². The zero-order chi connectivity index (χ0) is 40.3. The van der Waals surface area contributed by atoms with Gasteiger partial charge >= 0.3 is 0 Å². The smallest absolute Gasteiger partial charge is 0.0727 e. The Balaban J connectivity index is 1.14. The lowest BCUT2D eigenvalue weighted by atomic mass is 9.70. The highest BCUT2D eigenvalue weighted by Crippen LogP contribution is 2.65. The minimum Gasteiger partial charge on any atom is -0.310 e. The highest BCUT2D eigenvalue weighted by molar-refractivity contribution is 6.05. The monoisotopic (exact) mass is 776 g/mol. The first-order valence-corrected chi connectivity index (χ1v) is 21.1. The molecule has 0 aromatic heterocycles. The summed E-state index contributed by atoms with van der Waals surface area (Å²) in [5, 5.41) is 2.43. The molecular formula is C59H40N2. The minimum absolute atomic E-state index is 0.563. The molecule has 0 radical (unpaired) electrons. The normalized spacial score (nSPS) is 14.3. The zero-order valence-electron chi connectivity index (χ0n) is 33.5. The van der Waals surface area contributed by atoms with E-state index in [1.165, 1.54) is 66.4 Å². The molecule has 0 saturated heterocycles. The van der Waals surface area contributed by atoms with Crippen LogP contribution in [0.15, 0.2) is 243 Å². The van der Waals surface area contributed by atoms with Crippen molar-refractivity contribution in [2.75, 3.05) is 9.80 Å². The van der Waals surface area contributed by atoms with Crippen molar-refractivity contribution in [2.24, 2.45) is 0 Å². The quantitative estimate of drug-likeness (QED) is 0.159. The van der Waals surface area contributed by atoms with E-state index < -0.39 is 5.41 Å². The Kier molecular flexibility index (Phi) is 8.11. The largest absolute Gasteiger partial charge is 0.310 e. The number of nitrogens with zero attached hydrogens (tertiary/aromatic N) is 2. The Morgan fingerprint density at radius 1 is 0.279 bits per heavy atom. The average molecular weight is 777 g/mol. The summed E-state index contributed by atoms with van der Waals surface area (Å²) >= 11 is 0. The predicted octanol–water partition coefficient (Wildman–Crippen LogP) is 15.8. The van der Waals surface area contributed by atoms with E-state index in [0.717, 1.165) is 34.1 Å². The van der Waals surface area contributed by atoms with Crippen LogP contribution in [0.5, 0.6) is 0 Å². The lowest BCUT2D eigenvalue weighted by molar-refractivity contribution is 0.793. The second-order valence-corrected chi connectivity index (χ2v) is 16.0. The van der Waals surface area contributed by atoms with E-state index in [9.17, 15) is 0 Å². The van der Waals surface area contributed by atoms with Gasteiger partial charge in [0.05, 0.1) is 22.5 Å². The molecule has 2 aliphatic carbocycles. The average Bonchev–Trinajstić information content (AvgIpc) is 3.80. The number of para-hydroxylation sites is 3. The van der Waals surface area contributed by atoms with Gasteiger partial charge in [0.15, 0.2) is 0 Å². The van der Waals surface area contributed by atoms with E-state index in [1.807, 2.05) is 0 Å². The number of anilines is 6. The van der Waals surface area contributed by atoms with E-state index in [4.69, 9.17) is 0 Å². The van der Waals surface area contributed by atoms with Gasteiger partial charge in [-0.25, -0.2) is 0 Å². The summed E-state index contributed by atoms with van der Waals surface area (Å²) in [5.41, 5.74) is 18.9.